The van der Waals surface area contributed by atoms with Crippen LogP contribution in [0.4, 0.5) is 13.2 Å². The molecule has 0 saturated carbocycles. The van der Waals surface area contributed by atoms with Crippen LogP contribution in [0.25, 0.3) is 0 Å². The van der Waals surface area contributed by atoms with E-state index in [0.29, 0.717) is 10.1 Å². The van der Waals surface area contributed by atoms with Crippen molar-refractivity contribution >= 4 is 7.82 Å². The predicted molar refractivity (Wildman–Crippen MR) is 96.5 cm³/mol. The van der Waals surface area contributed by atoms with E-state index in [1.54, 1.807) is 18.2 Å². The Morgan fingerprint density at radius 3 is 2.77 bits per heavy atom. The zero-order valence-electron chi connectivity index (χ0n) is 15.5. The number of ether oxygens (including phenoxy) is 1. The van der Waals surface area contributed by atoms with Gasteiger partial charge in [-0.2, -0.15) is 0 Å². The summed E-state index contributed by atoms with van der Waals surface area (Å²) in [7, 11) is -4.40. The number of aromatic nitrogens is 2. The zero-order chi connectivity index (χ0) is 22.4. The molecule has 1 fully saturated rings. The molecule has 0 radical (unpaired) electrons. The van der Waals surface area contributed by atoms with Crippen molar-refractivity contribution < 1.29 is 41.2 Å². The van der Waals surface area contributed by atoms with Crippen molar-refractivity contribution in [1.29, 1.82) is 0 Å². The number of hydrogen-bond donors (Lipinski definition) is 2. The van der Waals surface area contributed by atoms with E-state index in [1.807, 2.05) is 4.98 Å². The largest absolute Gasteiger partial charge is 0.530 e. The van der Waals surface area contributed by atoms with Crippen LogP contribution in [0.1, 0.15) is 11.8 Å². The number of benzene rings is 1. The minimum atomic E-state index is -4.40. The number of phosphoric acid groups is 1. The lowest BCUT2D eigenvalue weighted by Gasteiger charge is -2.32. The summed E-state index contributed by atoms with van der Waals surface area (Å²) in [5, 5.41) is 10.2. The van der Waals surface area contributed by atoms with E-state index in [4.69, 9.17) is 18.3 Å². The van der Waals surface area contributed by atoms with E-state index in [0.717, 1.165) is 12.3 Å². The van der Waals surface area contributed by atoms with Crippen LogP contribution in [0.2, 0.25) is 0 Å². The molecule has 0 spiro atoms. The number of nitrogens with zero attached hydrogens (tertiary/aromatic N) is 1. The molecule has 4 rings (SSSR count). The van der Waals surface area contributed by atoms with Crippen molar-refractivity contribution in [3.63, 3.8) is 0 Å². The van der Waals surface area contributed by atoms with Gasteiger partial charge in [0.2, 0.25) is 0 Å². The van der Waals surface area contributed by atoms with Crippen LogP contribution in [-0.2, 0) is 25.0 Å². The first-order valence-corrected chi connectivity index (χ1v) is 10.4. The standard InChI is InChI=1S/C17H16F3N2O8P/c18-12-13(24)17(15(19)20,29-14(12)22-6-5-11(23)21-16(22)25)8-28-31(26)27-7-9-3-1-2-4-10(9)30-31/h1-6,12-15,24H,7-8H2,(H,21,23,25). The fourth-order valence-electron chi connectivity index (χ4n) is 3.24. The van der Waals surface area contributed by atoms with Gasteiger partial charge < -0.3 is 14.4 Å². The fraction of sp³-hybridized carbons (Fsp3) is 0.412. The van der Waals surface area contributed by atoms with Gasteiger partial charge in [-0.25, -0.2) is 22.5 Å². The van der Waals surface area contributed by atoms with Crippen molar-refractivity contribution in [3.8, 4) is 5.75 Å². The molecule has 10 nitrogen and oxygen atoms in total. The van der Waals surface area contributed by atoms with Crippen molar-refractivity contribution in [2.45, 2.75) is 37.1 Å². The molecule has 3 heterocycles. The average molecular weight is 464 g/mol. The molecular weight excluding hydrogens is 448 g/mol. The maximum atomic E-state index is 14.7. The van der Waals surface area contributed by atoms with Gasteiger partial charge in [-0.05, 0) is 6.07 Å². The van der Waals surface area contributed by atoms with Crippen LogP contribution >= 0.6 is 7.82 Å². The van der Waals surface area contributed by atoms with Crippen LogP contribution in [0.5, 0.6) is 5.75 Å². The van der Waals surface area contributed by atoms with Crippen molar-refractivity contribution in [2.24, 2.45) is 0 Å². The second-order valence-electron chi connectivity index (χ2n) is 6.86. The summed E-state index contributed by atoms with van der Waals surface area (Å²) in [5.41, 5.74) is -4.40. The van der Waals surface area contributed by atoms with E-state index < -0.39 is 56.2 Å². The van der Waals surface area contributed by atoms with E-state index in [-0.39, 0.29) is 12.4 Å². The average Bonchev–Trinajstić information content (AvgIpc) is 2.98. The molecule has 14 heteroatoms. The normalized spacial score (nSPS) is 32.6. The minimum Gasteiger partial charge on any atom is -0.404 e. The molecule has 0 aliphatic carbocycles. The highest BCUT2D eigenvalue weighted by Gasteiger charge is 2.62. The first-order chi connectivity index (χ1) is 14.7. The lowest BCUT2D eigenvalue weighted by atomic mass is 9.97. The molecule has 168 valence electrons. The van der Waals surface area contributed by atoms with Gasteiger partial charge in [0.15, 0.2) is 18.0 Å². The second kappa shape index (κ2) is 7.92. The van der Waals surface area contributed by atoms with Gasteiger partial charge in [-0.1, -0.05) is 18.2 Å². The fourth-order valence-corrected chi connectivity index (χ4v) is 4.49. The van der Waals surface area contributed by atoms with E-state index in [9.17, 15) is 32.4 Å². The van der Waals surface area contributed by atoms with Crippen LogP contribution in [0.3, 0.4) is 0 Å². The van der Waals surface area contributed by atoms with Gasteiger partial charge in [0.25, 0.3) is 12.0 Å². The number of aliphatic hydroxyl groups is 1. The maximum absolute atomic E-state index is 14.7. The molecule has 2 N–H and O–H groups in total. The Labute approximate surface area is 171 Å². The first kappa shape index (κ1) is 21.8. The number of H-pyrrole nitrogens is 1. The number of aliphatic hydroxyl groups excluding tert-OH is 1. The lowest BCUT2D eigenvalue weighted by molar-refractivity contribution is -0.194. The molecule has 31 heavy (non-hydrogen) atoms. The van der Waals surface area contributed by atoms with Crippen LogP contribution in [0, 0.1) is 0 Å². The third kappa shape index (κ3) is 3.83. The molecule has 5 atom stereocenters. The number of fused-ring (bicyclic) bond motifs is 1. The van der Waals surface area contributed by atoms with Gasteiger partial charge >= 0.3 is 13.5 Å². The number of nitrogens with one attached hydrogen (secondary N) is 1. The predicted octanol–water partition coefficient (Wildman–Crippen LogP) is 1.50. The van der Waals surface area contributed by atoms with Crippen molar-refractivity contribution in [3.05, 3.63) is 62.9 Å². The number of aromatic amines is 1. The van der Waals surface area contributed by atoms with Gasteiger partial charge in [0.05, 0.1) is 13.2 Å². The van der Waals surface area contributed by atoms with Crippen LogP contribution in [-0.4, -0.2) is 45.6 Å². The molecule has 2 aliphatic rings. The highest BCUT2D eigenvalue weighted by molar-refractivity contribution is 7.49. The number of phosphoric ester groups is 1. The number of hydrogen-bond acceptors (Lipinski definition) is 8. The third-order valence-electron chi connectivity index (χ3n) is 4.92. The molecule has 1 aromatic carbocycles. The highest BCUT2D eigenvalue weighted by atomic mass is 31.2. The monoisotopic (exact) mass is 464 g/mol. The lowest BCUT2D eigenvalue weighted by Crippen LogP contribution is -2.52. The summed E-state index contributed by atoms with van der Waals surface area (Å²) in [5.74, 6) is 0.150. The molecule has 1 aromatic heterocycles. The quantitative estimate of drug-likeness (QED) is 0.638. The van der Waals surface area contributed by atoms with Gasteiger partial charge in [0, 0.05) is 17.8 Å². The van der Waals surface area contributed by atoms with Crippen LogP contribution in [0.15, 0.2) is 46.1 Å². The van der Waals surface area contributed by atoms with Gasteiger partial charge in [0.1, 0.15) is 11.9 Å². The molecule has 5 unspecified atom stereocenters. The van der Waals surface area contributed by atoms with E-state index in [1.165, 1.54) is 6.07 Å². The molecular formula is C17H16F3N2O8P. The smallest absolute Gasteiger partial charge is 0.404 e. The van der Waals surface area contributed by atoms with Crippen molar-refractivity contribution in [1.82, 2.24) is 9.55 Å². The van der Waals surface area contributed by atoms with E-state index in [2.05, 4.69) is 0 Å². The minimum absolute atomic E-state index is 0.150. The summed E-state index contributed by atoms with van der Waals surface area (Å²) >= 11 is 0. The number of para-hydroxylation sites is 1. The summed E-state index contributed by atoms with van der Waals surface area (Å²) in [6, 6.07) is 7.20. The van der Waals surface area contributed by atoms with E-state index >= 15 is 0 Å². The van der Waals surface area contributed by atoms with Gasteiger partial charge in [-0.3, -0.25) is 23.4 Å². The maximum Gasteiger partial charge on any atom is 0.530 e. The summed E-state index contributed by atoms with van der Waals surface area (Å²) in [6.45, 7) is -1.47. The number of halogens is 3. The molecule has 0 amide bonds. The SMILES string of the molecule is O=c1ccn(C2OC(COP3(=O)OCc4ccccc4O3)(C(F)F)C(O)C2F)c(=O)[nH]1. The Hall–Kier alpha value is -2.44. The Balaban J connectivity index is 1.58. The van der Waals surface area contributed by atoms with Crippen molar-refractivity contribution in [2.75, 3.05) is 6.61 Å². The molecule has 0 bridgehead atoms. The summed E-state index contributed by atoms with van der Waals surface area (Å²) in [6.07, 6.45) is -9.67. The topological polar surface area (TPSA) is 129 Å². The molecule has 2 aromatic rings. The van der Waals surface area contributed by atoms with Gasteiger partial charge in [-0.15, -0.1) is 0 Å². The summed E-state index contributed by atoms with van der Waals surface area (Å²) < 4.78 is 76.0. The second-order valence-corrected chi connectivity index (χ2v) is 8.46. The Morgan fingerprint density at radius 2 is 2.06 bits per heavy atom. The highest BCUT2D eigenvalue weighted by Crippen LogP contribution is 2.56. The first-order valence-electron chi connectivity index (χ1n) is 8.91. The molecule has 2 aliphatic heterocycles. The number of rotatable bonds is 5. The Bertz CT molecular complexity index is 1140. The van der Waals surface area contributed by atoms with Crippen LogP contribution < -0.4 is 15.8 Å². The number of alkyl halides is 3. The Morgan fingerprint density at radius 1 is 1.32 bits per heavy atom. The molecule has 1 saturated heterocycles. The third-order valence-corrected chi connectivity index (χ3v) is 6.23. The zero-order valence-corrected chi connectivity index (χ0v) is 16.4. The Kier molecular flexibility index (Phi) is 5.56. The summed E-state index contributed by atoms with van der Waals surface area (Å²) in [4.78, 5) is 24.9.